The van der Waals surface area contributed by atoms with Crippen LogP contribution in [0.5, 0.6) is 5.75 Å². The Bertz CT molecular complexity index is 1620. The highest BCUT2D eigenvalue weighted by molar-refractivity contribution is 6.34. The lowest BCUT2D eigenvalue weighted by Crippen LogP contribution is -2.09. The number of H-pyrrole nitrogens is 1. The summed E-state index contributed by atoms with van der Waals surface area (Å²) in [5.74, 6) is -0.762. The standard InChI is InChI=1S/C29H20ClNO4/c30-25-16-26-21(14-24(29(35)31-26)19-8-6-17(7-9-19)12-28(33)34)13-23(25)20-10-11-22(27(32)15-20)18-4-2-1-3-5-18/h1-11,13-16,32H,12H2,(H,31,35)(H,33,34). The molecular weight excluding hydrogens is 462 g/mol. The highest BCUT2D eigenvalue weighted by Gasteiger charge is 2.13. The third-order valence-electron chi connectivity index (χ3n) is 5.95. The first-order valence-electron chi connectivity index (χ1n) is 11.0. The maximum Gasteiger partial charge on any atom is 0.307 e. The molecule has 0 amide bonds. The van der Waals surface area contributed by atoms with E-state index in [-0.39, 0.29) is 17.7 Å². The van der Waals surface area contributed by atoms with Crippen molar-refractivity contribution in [3.8, 4) is 39.1 Å². The summed E-state index contributed by atoms with van der Waals surface area (Å²) < 4.78 is 0. The lowest BCUT2D eigenvalue weighted by molar-refractivity contribution is -0.136. The molecule has 3 N–H and O–H groups in total. The Balaban J connectivity index is 1.56. The van der Waals surface area contributed by atoms with Gasteiger partial charge in [0, 0.05) is 22.2 Å². The molecule has 0 aliphatic heterocycles. The van der Waals surface area contributed by atoms with Crippen LogP contribution in [0.1, 0.15) is 5.56 Å². The predicted octanol–water partition coefficient (Wildman–Crippen LogP) is 6.52. The molecule has 1 aromatic heterocycles. The molecule has 6 heteroatoms. The first-order valence-corrected chi connectivity index (χ1v) is 11.3. The second-order valence-corrected chi connectivity index (χ2v) is 8.70. The monoisotopic (exact) mass is 481 g/mol. The number of carboxylic acids is 1. The summed E-state index contributed by atoms with van der Waals surface area (Å²) in [6.07, 6.45) is -0.0773. The van der Waals surface area contributed by atoms with Crippen molar-refractivity contribution in [1.29, 1.82) is 0 Å². The molecule has 5 nitrogen and oxygen atoms in total. The Morgan fingerprint density at radius 1 is 0.771 bits per heavy atom. The topological polar surface area (TPSA) is 90.4 Å². The van der Waals surface area contributed by atoms with Gasteiger partial charge in [-0.05, 0) is 51.9 Å². The maximum atomic E-state index is 12.8. The molecule has 5 aromatic rings. The van der Waals surface area contributed by atoms with Gasteiger partial charge in [0.2, 0.25) is 0 Å². The van der Waals surface area contributed by atoms with E-state index in [1.54, 1.807) is 42.5 Å². The van der Waals surface area contributed by atoms with E-state index in [2.05, 4.69) is 4.98 Å². The first kappa shape index (κ1) is 22.4. The van der Waals surface area contributed by atoms with Crippen molar-refractivity contribution < 1.29 is 15.0 Å². The fourth-order valence-corrected chi connectivity index (χ4v) is 4.47. The molecule has 0 unspecified atom stereocenters. The number of aliphatic carboxylic acids is 1. The summed E-state index contributed by atoms with van der Waals surface area (Å²) in [4.78, 5) is 26.6. The van der Waals surface area contributed by atoms with Crippen LogP contribution in [0.4, 0.5) is 0 Å². The normalized spacial score (nSPS) is 11.0. The van der Waals surface area contributed by atoms with Gasteiger partial charge < -0.3 is 15.2 Å². The van der Waals surface area contributed by atoms with Crippen LogP contribution in [0.3, 0.4) is 0 Å². The van der Waals surface area contributed by atoms with Crippen LogP contribution < -0.4 is 5.56 Å². The lowest BCUT2D eigenvalue weighted by Gasteiger charge is -2.11. The number of pyridine rings is 1. The van der Waals surface area contributed by atoms with Crippen molar-refractivity contribution in [2.45, 2.75) is 6.42 Å². The van der Waals surface area contributed by atoms with Crippen LogP contribution in [0.2, 0.25) is 5.02 Å². The number of phenolic OH excluding ortho intramolecular Hbond substituents is 1. The van der Waals surface area contributed by atoms with E-state index < -0.39 is 5.97 Å². The quantitative estimate of drug-likeness (QED) is 0.266. The third-order valence-corrected chi connectivity index (χ3v) is 6.26. The average Bonchev–Trinajstić information content (AvgIpc) is 2.84. The summed E-state index contributed by atoms with van der Waals surface area (Å²) in [5.41, 5.74) is 5.26. The molecule has 0 fully saturated rings. The van der Waals surface area contributed by atoms with Crippen molar-refractivity contribution in [1.82, 2.24) is 4.98 Å². The Morgan fingerprint density at radius 2 is 1.43 bits per heavy atom. The fraction of sp³-hybridized carbons (Fsp3) is 0.0345. The molecule has 0 saturated heterocycles. The maximum absolute atomic E-state index is 12.8. The molecule has 0 spiro atoms. The number of nitrogens with one attached hydrogen (secondary N) is 1. The Hall–Kier alpha value is -4.35. The van der Waals surface area contributed by atoms with Crippen molar-refractivity contribution in [2.75, 3.05) is 0 Å². The zero-order valence-corrected chi connectivity index (χ0v) is 19.2. The number of aromatic hydroxyl groups is 1. The zero-order valence-electron chi connectivity index (χ0n) is 18.5. The van der Waals surface area contributed by atoms with E-state index in [0.29, 0.717) is 27.2 Å². The molecular formula is C29H20ClNO4. The second kappa shape index (κ2) is 9.12. The minimum absolute atomic E-state index is 0.0773. The molecule has 0 atom stereocenters. The van der Waals surface area contributed by atoms with Gasteiger partial charge in [0.25, 0.3) is 5.56 Å². The SMILES string of the molecule is O=C(O)Cc1ccc(-c2cc3cc(-c4ccc(-c5ccccc5)c(O)c4)c(Cl)cc3[nH]c2=O)cc1. The van der Waals surface area contributed by atoms with E-state index in [4.69, 9.17) is 16.7 Å². The number of carbonyl (C=O) groups is 1. The molecule has 1 heterocycles. The summed E-state index contributed by atoms with van der Waals surface area (Å²) in [7, 11) is 0. The number of carboxylic acid groups (broad SMARTS) is 1. The second-order valence-electron chi connectivity index (χ2n) is 8.30. The van der Waals surface area contributed by atoms with Crippen LogP contribution in [0.15, 0.2) is 95.8 Å². The van der Waals surface area contributed by atoms with Gasteiger partial charge in [0.05, 0.1) is 11.4 Å². The van der Waals surface area contributed by atoms with Gasteiger partial charge >= 0.3 is 5.97 Å². The highest BCUT2D eigenvalue weighted by Crippen LogP contribution is 2.37. The number of fused-ring (bicyclic) bond motifs is 1. The van der Waals surface area contributed by atoms with Crippen LogP contribution in [-0.2, 0) is 11.2 Å². The summed E-state index contributed by atoms with van der Waals surface area (Å²) in [6.45, 7) is 0. The number of phenols is 1. The molecule has 35 heavy (non-hydrogen) atoms. The number of hydrogen-bond donors (Lipinski definition) is 3. The molecule has 0 radical (unpaired) electrons. The molecule has 172 valence electrons. The molecule has 0 aliphatic carbocycles. The largest absolute Gasteiger partial charge is 0.507 e. The predicted molar refractivity (Wildman–Crippen MR) is 139 cm³/mol. The Morgan fingerprint density at radius 3 is 2.11 bits per heavy atom. The van der Waals surface area contributed by atoms with Crippen molar-refractivity contribution >= 4 is 28.5 Å². The Kier molecular flexibility index (Phi) is 5.85. The average molecular weight is 482 g/mol. The van der Waals surface area contributed by atoms with Crippen molar-refractivity contribution in [2.24, 2.45) is 0 Å². The molecule has 4 aromatic carbocycles. The van der Waals surface area contributed by atoms with Gasteiger partial charge in [0.15, 0.2) is 0 Å². The molecule has 0 saturated carbocycles. The summed E-state index contributed by atoms with van der Waals surface area (Å²) >= 11 is 6.56. The minimum Gasteiger partial charge on any atom is -0.507 e. The molecule has 0 aliphatic rings. The van der Waals surface area contributed by atoms with Crippen molar-refractivity contribution in [3.05, 3.63) is 112 Å². The Labute approximate surface area is 205 Å². The van der Waals surface area contributed by atoms with E-state index in [9.17, 15) is 14.7 Å². The lowest BCUT2D eigenvalue weighted by atomic mass is 9.97. The van der Waals surface area contributed by atoms with Crippen LogP contribution in [0.25, 0.3) is 44.3 Å². The van der Waals surface area contributed by atoms with E-state index in [0.717, 1.165) is 27.6 Å². The van der Waals surface area contributed by atoms with Gasteiger partial charge in [-0.25, -0.2) is 0 Å². The zero-order chi connectivity index (χ0) is 24.5. The van der Waals surface area contributed by atoms with Crippen molar-refractivity contribution in [3.63, 3.8) is 0 Å². The fourth-order valence-electron chi connectivity index (χ4n) is 4.20. The summed E-state index contributed by atoms with van der Waals surface area (Å²) in [6, 6.07) is 27.3. The number of hydrogen-bond acceptors (Lipinski definition) is 3. The van der Waals surface area contributed by atoms with E-state index >= 15 is 0 Å². The first-order chi connectivity index (χ1) is 16.9. The smallest absolute Gasteiger partial charge is 0.307 e. The van der Waals surface area contributed by atoms with Crippen LogP contribution >= 0.6 is 11.6 Å². The number of benzene rings is 4. The van der Waals surface area contributed by atoms with E-state index in [1.807, 2.05) is 48.5 Å². The summed E-state index contributed by atoms with van der Waals surface area (Å²) in [5, 5.41) is 20.9. The van der Waals surface area contributed by atoms with Gasteiger partial charge in [-0.2, -0.15) is 0 Å². The van der Waals surface area contributed by atoms with Crippen LogP contribution in [-0.4, -0.2) is 21.2 Å². The molecule has 5 rings (SSSR count). The van der Waals surface area contributed by atoms with Gasteiger partial charge in [-0.3, -0.25) is 9.59 Å². The van der Waals surface area contributed by atoms with Gasteiger partial charge in [-0.1, -0.05) is 78.3 Å². The minimum atomic E-state index is -0.909. The number of aromatic nitrogens is 1. The number of rotatable bonds is 5. The third kappa shape index (κ3) is 4.54. The van der Waals surface area contributed by atoms with Gasteiger partial charge in [-0.15, -0.1) is 0 Å². The molecule has 0 bridgehead atoms. The van der Waals surface area contributed by atoms with E-state index in [1.165, 1.54) is 0 Å². The highest BCUT2D eigenvalue weighted by atomic mass is 35.5. The van der Waals surface area contributed by atoms with Gasteiger partial charge in [0.1, 0.15) is 5.75 Å². The number of halogens is 1. The van der Waals surface area contributed by atoms with Crippen LogP contribution in [0, 0.1) is 0 Å². The number of aromatic amines is 1.